The fraction of sp³-hybridized carbons (Fsp3) is 0.538. The largest absolute Gasteiger partial charge is 0.331 e. The van der Waals surface area contributed by atoms with Gasteiger partial charge in [-0.2, -0.15) is 0 Å². The van der Waals surface area contributed by atoms with E-state index in [2.05, 4.69) is 20.8 Å². The fourth-order valence-corrected chi connectivity index (χ4v) is 3.74. The Morgan fingerprint density at radius 1 is 1.06 bits per heavy atom. The first-order valence-corrected chi connectivity index (χ1v) is 6.67. The summed E-state index contributed by atoms with van der Waals surface area (Å²) in [6, 6.07) is 0. The van der Waals surface area contributed by atoms with Crippen LogP contribution in [-0.4, -0.2) is 9.13 Å². The average molecular weight is 266 g/mol. The topological polar surface area (TPSA) is 44.0 Å². The number of nitrogens with zero attached hydrogens (tertiary/aromatic N) is 2. The highest BCUT2D eigenvalue weighted by molar-refractivity contribution is 7.18. The smallest absolute Gasteiger partial charge is 0.287 e. The van der Waals surface area contributed by atoms with Crippen LogP contribution in [0.2, 0.25) is 0 Å². The quantitative estimate of drug-likeness (QED) is 0.731. The van der Waals surface area contributed by atoms with Crippen molar-refractivity contribution >= 4 is 21.6 Å². The molecule has 0 saturated heterocycles. The first-order valence-electron chi connectivity index (χ1n) is 5.86. The van der Waals surface area contributed by atoms with E-state index in [1.165, 1.54) is 23.0 Å². The van der Waals surface area contributed by atoms with Gasteiger partial charge in [0, 0.05) is 19.0 Å². The van der Waals surface area contributed by atoms with Crippen LogP contribution in [0.5, 0.6) is 0 Å². The summed E-state index contributed by atoms with van der Waals surface area (Å²) in [4.78, 5) is 26.1. The van der Waals surface area contributed by atoms with Gasteiger partial charge in [0.05, 0.1) is 5.39 Å². The lowest BCUT2D eigenvalue weighted by atomic mass is 9.86. The van der Waals surface area contributed by atoms with E-state index in [1.807, 2.05) is 6.92 Å². The predicted octanol–water partition coefficient (Wildman–Crippen LogP) is 1.90. The molecule has 0 atom stereocenters. The van der Waals surface area contributed by atoms with Crippen molar-refractivity contribution in [2.75, 3.05) is 0 Å². The van der Waals surface area contributed by atoms with Crippen molar-refractivity contribution in [3.63, 3.8) is 0 Å². The van der Waals surface area contributed by atoms with Crippen molar-refractivity contribution in [1.82, 2.24) is 9.13 Å². The van der Waals surface area contributed by atoms with Crippen LogP contribution in [0.4, 0.5) is 0 Å². The molecule has 0 fully saturated rings. The third-order valence-electron chi connectivity index (χ3n) is 3.21. The number of aromatic nitrogens is 2. The van der Waals surface area contributed by atoms with E-state index in [9.17, 15) is 9.59 Å². The fourth-order valence-electron chi connectivity index (χ4n) is 2.43. The highest BCUT2D eigenvalue weighted by Crippen LogP contribution is 2.36. The van der Waals surface area contributed by atoms with Crippen molar-refractivity contribution in [3.8, 4) is 0 Å². The first kappa shape index (κ1) is 13.1. The molecule has 0 N–H and O–H groups in total. The van der Waals surface area contributed by atoms with E-state index >= 15 is 0 Å². The minimum atomic E-state index is -0.269. The van der Waals surface area contributed by atoms with Gasteiger partial charge in [-0.25, -0.2) is 4.79 Å². The molecule has 0 amide bonds. The summed E-state index contributed by atoms with van der Waals surface area (Å²) < 4.78 is 2.74. The van der Waals surface area contributed by atoms with Gasteiger partial charge in [0.1, 0.15) is 4.83 Å². The molecular formula is C13H18N2O2S. The number of fused-ring (bicyclic) bond motifs is 1. The third kappa shape index (κ3) is 1.65. The molecule has 0 aliphatic heterocycles. The van der Waals surface area contributed by atoms with Crippen molar-refractivity contribution < 1.29 is 0 Å². The third-order valence-corrected chi connectivity index (χ3v) is 4.39. The molecule has 2 rings (SSSR count). The van der Waals surface area contributed by atoms with Crippen molar-refractivity contribution in [1.29, 1.82) is 0 Å². The monoisotopic (exact) mass is 266 g/mol. The van der Waals surface area contributed by atoms with E-state index < -0.39 is 0 Å². The van der Waals surface area contributed by atoms with Gasteiger partial charge in [-0.1, -0.05) is 20.8 Å². The molecule has 0 aliphatic carbocycles. The number of hydrogen-bond donors (Lipinski definition) is 0. The van der Waals surface area contributed by atoms with E-state index in [4.69, 9.17) is 0 Å². The lowest BCUT2D eigenvalue weighted by molar-refractivity contribution is 0.592. The van der Waals surface area contributed by atoms with E-state index in [-0.39, 0.29) is 16.7 Å². The Morgan fingerprint density at radius 2 is 1.61 bits per heavy atom. The van der Waals surface area contributed by atoms with Gasteiger partial charge in [0.15, 0.2) is 0 Å². The lowest BCUT2D eigenvalue weighted by Gasteiger charge is -2.19. The SMILES string of the molecule is Cc1sc2c(c1C(C)(C)C)c(=O)n(C)c(=O)n2C. The molecule has 2 aromatic rings. The van der Waals surface area contributed by atoms with E-state index in [0.29, 0.717) is 5.39 Å². The van der Waals surface area contributed by atoms with Crippen molar-refractivity contribution in [2.24, 2.45) is 14.1 Å². The van der Waals surface area contributed by atoms with Gasteiger partial charge in [-0.15, -0.1) is 11.3 Å². The number of hydrogen-bond acceptors (Lipinski definition) is 3. The molecule has 0 aliphatic rings. The summed E-state index contributed by atoms with van der Waals surface area (Å²) >= 11 is 1.52. The molecule has 0 spiro atoms. The molecule has 98 valence electrons. The summed E-state index contributed by atoms with van der Waals surface area (Å²) in [5.41, 5.74) is 0.488. The Bertz CT molecular complexity index is 741. The van der Waals surface area contributed by atoms with Crippen LogP contribution < -0.4 is 11.2 Å². The van der Waals surface area contributed by atoms with Crippen molar-refractivity contribution in [3.05, 3.63) is 31.3 Å². The Labute approximate surface area is 109 Å². The van der Waals surface area contributed by atoms with E-state index in [0.717, 1.165) is 15.3 Å². The molecule has 0 aromatic carbocycles. The zero-order valence-corrected chi connectivity index (χ0v) is 12.4. The van der Waals surface area contributed by atoms with Crippen LogP contribution in [0.1, 0.15) is 31.2 Å². The van der Waals surface area contributed by atoms with Crippen LogP contribution in [0.15, 0.2) is 9.59 Å². The predicted molar refractivity (Wildman–Crippen MR) is 75.7 cm³/mol. The molecule has 0 unspecified atom stereocenters. The summed E-state index contributed by atoms with van der Waals surface area (Å²) in [7, 11) is 3.25. The van der Waals surface area contributed by atoms with Crippen LogP contribution >= 0.6 is 11.3 Å². The summed E-state index contributed by atoms with van der Waals surface area (Å²) in [5, 5.41) is 0.689. The highest BCUT2D eigenvalue weighted by atomic mass is 32.1. The van der Waals surface area contributed by atoms with Crippen LogP contribution in [0.3, 0.4) is 0 Å². The van der Waals surface area contributed by atoms with Gasteiger partial charge in [-0.05, 0) is 17.9 Å². The summed E-state index contributed by atoms with van der Waals surface area (Å²) in [6.45, 7) is 8.28. The molecule has 2 heterocycles. The zero-order chi connectivity index (χ0) is 13.8. The Kier molecular flexibility index (Phi) is 2.77. The highest BCUT2D eigenvalue weighted by Gasteiger charge is 2.25. The Balaban J connectivity index is 3.15. The molecule has 5 heteroatoms. The van der Waals surface area contributed by atoms with Crippen molar-refractivity contribution in [2.45, 2.75) is 33.1 Å². The van der Waals surface area contributed by atoms with Gasteiger partial charge >= 0.3 is 5.69 Å². The number of rotatable bonds is 0. The Hall–Kier alpha value is -1.36. The second-order valence-electron chi connectivity index (χ2n) is 5.67. The Morgan fingerprint density at radius 3 is 2.11 bits per heavy atom. The second kappa shape index (κ2) is 3.82. The molecule has 0 saturated carbocycles. The van der Waals surface area contributed by atoms with E-state index in [1.54, 1.807) is 11.6 Å². The lowest BCUT2D eigenvalue weighted by Crippen LogP contribution is -2.37. The average Bonchev–Trinajstić information content (AvgIpc) is 2.61. The maximum absolute atomic E-state index is 12.3. The molecule has 0 radical (unpaired) electrons. The zero-order valence-electron chi connectivity index (χ0n) is 11.6. The van der Waals surface area contributed by atoms with Crippen LogP contribution in [0.25, 0.3) is 10.2 Å². The van der Waals surface area contributed by atoms with Gasteiger partial charge < -0.3 is 0 Å². The minimum Gasteiger partial charge on any atom is -0.287 e. The maximum Gasteiger partial charge on any atom is 0.331 e. The standard InChI is InChI=1S/C13H18N2O2S/c1-7-9(13(2,3)4)8-10(16)14(5)12(17)15(6)11(8)18-7/h1-6H3. The molecule has 0 bridgehead atoms. The number of aryl methyl sites for hydroxylation is 2. The molecule has 2 aromatic heterocycles. The normalized spacial score (nSPS) is 12.3. The summed E-state index contributed by atoms with van der Waals surface area (Å²) in [5.74, 6) is 0. The molecule has 18 heavy (non-hydrogen) atoms. The van der Waals surface area contributed by atoms with Crippen LogP contribution in [-0.2, 0) is 19.5 Å². The van der Waals surface area contributed by atoms with Gasteiger partial charge in [0.2, 0.25) is 0 Å². The molecule has 4 nitrogen and oxygen atoms in total. The maximum atomic E-state index is 12.3. The minimum absolute atomic E-state index is 0.105. The number of thiophene rings is 1. The van der Waals surface area contributed by atoms with Gasteiger partial charge in [0.25, 0.3) is 5.56 Å². The second-order valence-corrected chi connectivity index (χ2v) is 6.87. The first-order chi connectivity index (χ1) is 8.16. The molecular weight excluding hydrogens is 248 g/mol. The van der Waals surface area contributed by atoms with Gasteiger partial charge in [-0.3, -0.25) is 13.9 Å². The summed E-state index contributed by atoms with van der Waals surface area (Å²) in [6.07, 6.45) is 0. The van der Waals surface area contributed by atoms with Crippen LogP contribution in [0, 0.1) is 6.92 Å².